The van der Waals surface area contributed by atoms with Crippen LogP contribution < -0.4 is 10.9 Å². The lowest BCUT2D eigenvalue weighted by Gasteiger charge is -2.18. The lowest BCUT2D eigenvalue weighted by Crippen LogP contribution is -2.30. The molecule has 10 heteroatoms. The van der Waals surface area contributed by atoms with Gasteiger partial charge in [-0.2, -0.15) is 10.1 Å². The molecule has 0 radical (unpaired) electrons. The van der Waals surface area contributed by atoms with Crippen molar-refractivity contribution in [2.45, 2.75) is 18.8 Å². The molecule has 4 rings (SSSR count). The second kappa shape index (κ2) is 9.03. The van der Waals surface area contributed by atoms with Crippen molar-refractivity contribution in [3.63, 3.8) is 0 Å². The molecular weight excluding hydrogens is 426 g/mol. The van der Waals surface area contributed by atoms with Crippen LogP contribution >= 0.6 is 0 Å². The van der Waals surface area contributed by atoms with Crippen molar-refractivity contribution in [2.24, 2.45) is 7.05 Å². The van der Waals surface area contributed by atoms with Crippen LogP contribution in [0.15, 0.2) is 59.7 Å². The number of fused-ring (bicyclic) bond motifs is 1. The zero-order chi connectivity index (χ0) is 23.5. The normalized spacial score (nSPS) is 12.0. The van der Waals surface area contributed by atoms with E-state index in [4.69, 9.17) is 0 Å². The van der Waals surface area contributed by atoms with Crippen molar-refractivity contribution in [2.75, 3.05) is 6.54 Å². The molecule has 1 amide bonds. The van der Waals surface area contributed by atoms with Crippen molar-refractivity contribution in [1.29, 1.82) is 0 Å². The molecular formula is C23H23N5O5. The first kappa shape index (κ1) is 21.9. The van der Waals surface area contributed by atoms with Gasteiger partial charge in [0.25, 0.3) is 5.56 Å². The first-order chi connectivity index (χ1) is 15.8. The highest BCUT2D eigenvalue weighted by atomic mass is 16.3. The van der Waals surface area contributed by atoms with Crippen LogP contribution in [-0.4, -0.2) is 46.9 Å². The minimum atomic E-state index is -0.771. The number of phenols is 2. The van der Waals surface area contributed by atoms with Gasteiger partial charge in [-0.15, -0.1) is 0 Å². The summed E-state index contributed by atoms with van der Waals surface area (Å²) in [5.74, 6) is -1.97. The number of benzene rings is 1. The van der Waals surface area contributed by atoms with Crippen LogP contribution in [0.3, 0.4) is 0 Å². The summed E-state index contributed by atoms with van der Waals surface area (Å²) in [4.78, 5) is 30.1. The van der Waals surface area contributed by atoms with E-state index >= 15 is 0 Å². The predicted octanol–water partition coefficient (Wildman–Crippen LogP) is 1.43. The molecule has 0 saturated carbocycles. The highest BCUT2D eigenvalue weighted by Crippen LogP contribution is 2.30. The zero-order valence-electron chi connectivity index (χ0n) is 17.8. The quantitative estimate of drug-likeness (QED) is 0.313. The highest BCUT2D eigenvalue weighted by molar-refractivity contribution is 5.77. The lowest BCUT2D eigenvalue weighted by atomic mass is 9.93. The Bertz CT molecular complexity index is 1380. The van der Waals surface area contributed by atoms with E-state index in [1.54, 1.807) is 54.5 Å². The topological polar surface area (TPSA) is 142 Å². The van der Waals surface area contributed by atoms with E-state index in [1.807, 2.05) is 0 Å². The molecule has 0 aliphatic rings. The van der Waals surface area contributed by atoms with Crippen LogP contribution in [-0.2, 0) is 18.3 Å². The average molecular weight is 449 g/mol. The maximum atomic E-state index is 13.2. The number of aromatic nitrogens is 4. The van der Waals surface area contributed by atoms with E-state index in [2.05, 4.69) is 15.4 Å². The fourth-order valence-electron chi connectivity index (χ4n) is 3.80. The van der Waals surface area contributed by atoms with Crippen LogP contribution in [0.2, 0.25) is 0 Å². The van der Waals surface area contributed by atoms with Gasteiger partial charge in [-0.05, 0) is 42.3 Å². The van der Waals surface area contributed by atoms with E-state index in [-0.39, 0.29) is 35.9 Å². The van der Waals surface area contributed by atoms with Crippen molar-refractivity contribution < 1.29 is 20.1 Å². The summed E-state index contributed by atoms with van der Waals surface area (Å²) >= 11 is 0. The standard InChI is InChI=1S/C23H23N5O5/c1-27-16(8-10-25-27)15(21-22(32)26-19-4-2-3-11-28(19)23(21)33)13-20(31)24-9-7-14-5-6-17(29)18(30)12-14/h2-6,8,10-12,15,29-30,32H,7,9,13H2,1H3,(H,24,31). The maximum Gasteiger partial charge on any atom is 0.265 e. The number of rotatable bonds is 7. The van der Waals surface area contributed by atoms with Crippen LogP contribution in [0.4, 0.5) is 0 Å². The highest BCUT2D eigenvalue weighted by Gasteiger charge is 2.28. The van der Waals surface area contributed by atoms with Gasteiger partial charge in [0.1, 0.15) is 5.65 Å². The van der Waals surface area contributed by atoms with E-state index < -0.39 is 17.4 Å². The molecule has 3 aromatic heterocycles. The Labute approximate surface area is 188 Å². The lowest BCUT2D eigenvalue weighted by molar-refractivity contribution is -0.121. The third-order valence-electron chi connectivity index (χ3n) is 5.48. The van der Waals surface area contributed by atoms with Gasteiger partial charge in [0, 0.05) is 44.0 Å². The SMILES string of the molecule is Cn1nccc1C(CC(=O)NCCc1ccc(O)c(O)c1)c1c(O)nc2ccccn2c1=O. The zero-order valence-corrected chi connectivity index (χ0v) is 17.8. The summed E-state index contributed by atoms with van der Waals surface area (Å²) in [6.45, 7) is 0.280. The number of phenolic OH excluding ortho intramolecular Hbond substituents is 2. The van der Waals surface area contributed by atoms with Gasteiger partial charge in [0.05, 0.1) is 5.56 Å². The molecule has 0 aliphatic heterocycles. The summed E-state index contributed by atoms with van der Waals surface area (Å²) in [5.41, 5.74) is 1.17. The Morgan fingerprint density at radius 1 is 1.12 bits per heavy atom. The van der Waals surface area contributed by atoms with Gasteiger partial charge in [-0.3, -0.25) is 18.7 Å². The number of pyridine rings is 1. The molecule has 0 aliphatic carbocycles. The van der Waals surface area contributed by atoms with Gasteiger partial charge >= 0.3 is 0 Å². The van der Waals surface area contributed by atoms with Crippen LogP contribution in [0.5, 0.6) is 17.4 Å². The number of carbonyl (C=O) groups excluding carboxylic acids is 1. The van der Waals surface area contributed by atoms with Crippen molar-refractivity contribution in [3.05, 3.63) is 82.0 Å². The minimum absolute atomic E-state index is 0.0147. The largest absolute Gasteiger partial charge is 0.504 e. The fourth-order valence-corrected chi connectivity index (χ4v) is 3.80. The number of nitrogens with zero attached hydrogens (tertiary/aromatic N) is 4. The number of hydrogen-bond acceptors (Lipinski definition) is 7. The Hall–Kier alpha value is -4.34. The Morgan fingerprint density at radius 2 is 1.94 bits per heavy atom. The number of amides is 1. The number of carbonyl (C=O) groups is 1. The summed E-state index contributed by atoms with van der Waals surface area (Å²) in [6, 6.07) is 11.2. The molecule has 4 aromatic rings. The monoisotopic (exact) mass is 449 g/mol. The van der Waals surface area contributed by atoms with Crippen LogP contribution in [0.25, 0.3) is 5.65 Å². The van der Waals surface area contributed by atoms with Gasteiger partial charge in [-0.25, -0.2) is 0 Å². The van der Waals surface area contributed by atoms with Gasteiger partial charge in [0.2, 0.25) is 11.8 Å². The Balaban J connectivity index is 1.58. The molecule has 10 nitrogen and oxygen atoms in total. The maximum absolute atomic E-state index is 13.2. The molecule has 0 saturated heterocycles. The molecule has 0 fully saturated rings. The summed E-state index contributed by atoms with van der Waals surface area (Å²) in [6.07, 6.45) is 3.44. The molecule has 4 N–H and O–H groups in total. The van der Waals surface area contributed by atoms with E-state index in [0.29, 0.717) is 17.8 Å². The molecule has 1 aromatic carbocycles. The van der Waals surface area contributed by atoms with Gasteiger partial charge in [0.15, 0.2) is 11.5 Å². The summed E-state index contributed by atoms with van der Waals surface area (Å²) < 4.78 is 2.88. The molecule has 1 atom stereocenters. The number of aryl methyl sites for hydroxylation is 1. The van der Waals surface area contributed by atoms with Crippen molar-refractivity contribution in [3.8, 4) is 17.4 Å². The molecule has 170 valence electrons. The second-order valence-corrected chi connectivity index (χ2v) is 7.64. The molecule has 0 bridgehead atoms. The fraction of sp³-hybridized carbons (Fsp3) is 0.217. The van der Waals surface area contributed by atoms with Gasteiger partial charge in [-0.1, -0.05) is 12.1 Å². The summed E-state index contributed by atoms with van der Waals surface area (Å²) in [7, 11) is 1.70. The smallest absolute Gasteiger partial charge is 0.265 e. The van der Waals surface area contributed by atoms with E-state index in [1.165, 1.54) is 16.5 Å². The Morgan fingerprint density at radius 3 is 2.67 bits per heavy atom. The molecule has 3 heterocycles. The predicted molar refractivity (Wildman–Crippen MR) is 119 cm³/mol. The minimum Gasteiger partial charge on any atom is -0.504 e. The number of hydrogen-bond donors (Lipinski definition) is 4. The van der Waals surface area contributed by atoms with Gasteiger partial charge < -0.3 is 20.6 Å². The average Bonchev–Trinajstić information content (AvgIpc) is 3.21. The van der Waals surface area contributed by atoms with Crippen LogP contribution in [0.1, 0.15) is 29.2 Å². The summed E-state index contributed by atoms with van der Waals surface area (Å²) in [5, 5.41) is 36.6. The number of nitrogens with one attached hydrogen (secondary N) is 1. The van der Waals surface area contributed by atoms with E-state index in [9.17, 15) is 24.9 Å². The molecule has 1 unspecified atom stereocenters. The molecule has 33 heavy (non-hydrogen) atoms. The third-order valence-corrected chi connectivity index (χ3v) is 5.48. The van der Waals surface area contributed by atoms with Crippen molar-refractivity contribution >= 4 is 11.6 Å². The number of aromatic hydroxyl groups is 3. The second-order valence-electron chi connectivity index (χ2n) is 7.64. The van der Waals surface area contributed by atoms with Crippen LogP contribution in [0, 0.1) is 0 Å². The first-order valence-electron chi connectivity index (χ1n) is 10.3. The molecule has 0 spiro atoms. The van der Waals surface area contributed by atoms with E-state index in [0.717, 1.165) is 5.56 Å². The first-order valence-corrected chi connectivity index (χ1v) is 10.3. The Kier molecular flexibility index (Phi) is 5.99. The third kappa shape index (κ3) is 4.49. The van der Waals surface area contributed by atoms with Crippen molar-refractivity contribution in [1.82, 2.24) is 24.5 Å².